The van der Waals surface area contributed by atoms with Crippen LogP contribution in [0.1, 0.15) is 5.56 Å². The molecule has 0 saturated carbocycles. The van der Waals surface area contributed by atoms with Gasteiger partial charge in [-0.15, -0.1) is 11.8 Å². The van der Waals surface area contributed by atoms with E-state index in [0.717, 1.165) is 17.2 Å². The Kier molecular flexibility index (Phi) is 3.71. The largest absolute Gasteiger partial charge is 0.351 e. The van der Waals surface area contributed by atoms with Crippen LogP contribution >= 0.6 is 11.8 Å². The first-order valence-electron chi connectivity index (χ1n) is 6.40. The standard InChI is InChI=1S/C15H16N2OS/c18-15(14-9-19-10-17-14)16-8-12-6-3-5-11-4-1-2-7-13(11)12/h1-7,14,17H,8-10H2,(H,16,18). The van der Waals surface area contributed by atoms with Gasteiger partial charge in [-0.3, -0.25) is 10.1 Å². The van der Waals surface area contributed by atoms with Crippen LogP contribution in [0.5, 0.6) is 0 Å². The maximum atomic E-state index is 12.0. The third-order valence-corrected chi connectivity index (χ3v) is 4.31. The van der Waals surface area contributed by atoms with E-state index in [1.54, 1.807) is 11.8 Å². The van der Waals surface area contributed by atoms with Crippen LogP contribution in [-0.2, 0) is 11.3 Å². The fraction of sp³-hybridized carbons (Fsp3) is 0.267. The molecule has 19 heavy (non-hydrogen) atoms. The van der Waals surface area contributed by atoms with Crippen molar-refractivity contribution in [2.75, 3.05) is 11.6 Å². The molecule has 1 aliphatic heterocycles. The van der Waals surface area contributed by atoms with Crippen molar-refractivity contribution >= 4 is 28.4 Å². The third-order valence-electron chi connectivity index (χ3n) is 3.37. The lowest BCUT2D eigenvalue weighted by molar-refractivity contribution is -0.122. The maximum absolute atomic E-state index is 12.0. The minimum atomic E-state index is -0.0417. The summed E-state index contributed by atoms with van der Waals surface area (Å²) in [4.78, 5) is 12.0. The van der Waals surface area contributed by atoms with E-state index in [4.69, 9.17) is 0 Å². The highest BCUT2D eigenvalue weighted by Gasteiger charge is 2.21. The predicted molar refractivity (Wildman–Crippen MR) is 80.0 cm³/mol. The third kappa shape index (κ3) is 2.74. The molecule has 98 valence electrons. The number of fused-ring (bicyclic) bond motifs is 1. The van der Waals surface area contributed by atoms with Gasteiger partial charge in [0, 0.05) is 18.2 Å². The fourth-order valence-electron chi connectivity index (χ4n) is 2.32. The number of hydrogen-bond donors (Lipinski definition) is 2. The zero-order valence-corrected chi connectivity index (χ0v) is 11.4. The van der Waals surface area contributed by atoms with Crippen molar-refractivity contribution in [3.63, 3.8) is 0 Å². The van der Waals surface area contributed by atoms with Gasteiger partial charge in [0.15, 0.2) is 0 Å². The summed E-state index contributed by atoms with van der Waals surface area (Å²) in [5.41, 5.74) is 1.16. The summed E-state index contributed by atoms with van der Waals surface area (Å²) < 4.78 is 0. The zero-order valence-electron chi connectivity index (χ0n) is 10.6. The number of thioether (sulfide) groups is 1. The molecule has 1 unspecified atom stereocenters. The van der Waals surface area contributed by atoms with E-state index in [2.05, 4.69) is 34.9 Å². The molecule has 2 N–H and O–H groups in total. The molecule has 1 amide bonds. The molecule has 4 heteroatoms. The zero-order chi connectivity index (χ0) is 13.1. The monoisotopic (exact) mass is 272 g/mol. The molecule has 3 rings (SSSR count). The summed E-state index contributed by atoms with van der Waals surface area (Å²) in [6.07, 6.45) is 0. The Morgan fingerprint density at radius 2 is 2.11 bits per heavy atom. The summed E-state index contributed by atoms with van der Waals surface area (Å²) in [5.74, 6) is 1.83. The van der Waals surface area contributed by atoms with Gasteiger partial charge in [0.2, 0.25) is 5.91 Å². The molecule has 0 radical (unpaired) electrons. The molecule has 1 atom stereocenters. The molecule has 0 spiro atoms. The van der Waals surface area contributed by atoms with Crippen LogP contribution in [0.3, 0.4) is 0 Å². The molecule has 2 aromatic carbocycles. The number of benzene rings is 2. The highest BCUT2D eigenvalue weighted by Crippen LogP contribution is 2.18. The number of nitrogens with one attached hydrogen (secondary N) is 2. The lowest BCUT2D eigenvalue weighted by Gasteiger charge is -2.12. The molecule has 0 aromatic heterocycles. The van der Waals surface area contributed by atoms with Crippen molar-refractivity contribution in [3.05, 3.63) is 48.0 Å². The van der Waals surface area contributed by atoms with Crippen molar-refractivity contribution in [3.8, 4) is 0 Å². The number of carbonyl (C=O) groups excluding carboxylic acids is 1. The van der Waals surface area contributed by atoms with Crippen LogP contribution in [0.2, 0.25) is 0 Å². The molecule has 1 saturated heterocycles. The number of rotatable bonds is 3. The van der Waals surface area contributed by atoms with Crippen molar-refractivity contribution in [1.82, 2.24) is 10.6 Å². The SMILES string of the molecule is O=C(NCc1cccc2ccccc12)C1CSCN1. The van der Waals surface area contributed by atoms with E-state index < -0.39 is 0 Å². The van der Waals surface area contributed by atoms with Crippen LogP contribution in [0.4, 0.5) is 0 Å². The Labute approximate surface area is 116 Å². The van der Waals surface area contributed by atoms with E-state index in [1.165, 1.54) is 10.8 Å². The summed E-state index contributed by atoms with van der Waals surface area (Å²) in [6, 6.07) is 14.4. The normalized spacial score (nSPS) is 18.6. The molecular formula is C15H16N2OS. The van der Waals surface area contributed by atoms with Crippen molar-refractivity contribution in [1.29, 1.82) is 0 Å². The first kappa shape index (κ1) is 12.5. The average Bonchev–Trinajstić information content (AvgIpc) is 2.99. The topological polar surface area (TPSA) is 41.1 Å². The molecule has 1 aliphatic rings. The summed E-state index contributed by atoms with van der Waals surface area (Å²) in [6.45, 7) is 0.586. The first-order valence-corrected chi connectivity index (χ1v) is 7.55. The minimum Gasteiger partial charge on any atom is -0.351 e. The Hall–Kier alpha value is -1.52. The number of carbonyl (C=O) groups is 1. The van der Waals surface area contributed by atoms with Crippen LogP contribution in [0.15, 0.2) is 42.5 Å². The smallest absolute Gasteiger partial charge is 0.238 e. The quantitative estimate of drug-likeness (QED) is 0.899. The van der Waals surface area contributed by atoms with Crippen LogP contribution in [0.25, 0.3) is 10.8 Å². The van der Waals surface area contributed by atoms with Gasteiger partial charge in [-0.1, -0.05) is 42.5 Å². The molecule has 2 aromatic rings. The highest BCUT2D eigenvalue weighted by molar-refractivity contribution is 7.99. The van der Waals surface area contributed by atoms with Gasteiger partial charge in [-0.25, -0.2) is 0 Å². The molecule has 0 aliphatic carbocycles. The second kappa shape index (κ2) is 5.63. The van der Waals surface area contributed by atoms with E-state index in [-0.39, 0.29) is 11.9 Å². The van der Waals surface area contributed by atoms with Gasteiger partial charge in [0.25, 0.3) is 0 Å². The van der Waals surface area contributed by atoms with E-state index >= 15 is 0 Å². The van der Waals surface area contributed by atoms with Crippen molar-refractivity contribution in [2.24, 2.45) is 0 Å². The van der Waals surface area contributed by atoms with E-state index in [1.807, 2.05) is 18.2 Å². The lowest BCUT2D eigenvalue weighted by atomic mass is 10.0. The maximum Gasteiger partial charge on any atom is 0.238 e. The van der Waals surface area contributed by atoms with Gasteiger partial charge in [-0.2, -0.15) is 0 Å². The first-order chi connectivity index (χ1) is 9.34. The van der Waals surface area contributed by atoms with Gasteiger partial charge < -0.3 is 5.32 Å². The van der Waals surface area contributed by atoms with Crippen LogP contribution in [-0.4, -0.2) is 23.6 Å². The predicted octanol–water partition coefficient (Wildman–Crippen LogP) is 2.12. The second-order valence-corrected chi connectivity index (χ2v) is 5.66. The van der Waals surface area contributed by atoms with Gasteiger partial charge in [-0.05, 0) is 16.3 Å². The average molecular weight is 272 g/mol. The molecule has 1 heterocycles. The molecular weight excluding hydrogens is 256 g/mol. The summed E-state index contributed by atoms with van der Waals surface area (Å²) >= 11 is 1.76. The van der Waals surface area contributed by atoms with Gasteiger partial charge in [0.1, 0.15) is 0 Å². The Balaban J connectivity index is 1.73. The van der Waals surface area contributed by atoms with Crippen molar-refractivity contribution in [2.45, 2.75) is 12.6 Å². The van der Waals surface area contributed by atoms with Gasteiger partial charge in [0.05, 0.1) is 6.04 Å². The lowest BCUT2D eigenvalue weighted by Crippen LogP contribution is -2.41. The minimum absolute atomic E-state index is 0.0417. The highest BCUT2D eigenvalue weighted by atomic mass is 32.2. The summed E-state index contributed by atoms with van der Waals surface area (Å²) in [7, 11) is 0. The van der Waals surface area contributed by atoms with E-state index in [9.17, 15) is 4.79 Å². The molecule has 3 nitrogen and oxygen atoms in total. The van der Waals surface area contributed by atoms with Crippen LogP contribution in [0, 0.1) is 0 Å². The van der Waals surface area contributed by atoms with E-state index in [0.29, 0.717) is 6.54 Å². The Morgan fingerprint density at radius 3 is 2.95 bits per heavy atom. The van der Waals surface area contributed by atoms with Crippen LogP contribution < -0.4 is 10.6 Å². The molecule has 0 bridgehead atoms. The number of hydrogen-bond acceptors (Lipinski definition) is 3. The second-order valence-electron chi connectivity index (χ2n) is 4.63. The molecule has 1 fully saturated rings. The number of amides is 1. The Morgan fingerprint density at radius 1 is 1.26 bits per heavy atom. The summed E-state index contributed by atoms with van der Waals surface area (Å²) in [5, 5.41) is 8.62. The van der Waals surface area contributed by atoms with Crippen molar-refractivity contribution < 1.29 is 4.79 Å². The fourth-order valence-corrected chi connectivity index (χ4v) is 3.26. The van der Waals surface area contributed by atoms with Gasteiger partial charge >= 0.3 is 0 Å². The Bertz CT molecular complexity index is 588.